The maximum absolute atomic E-state index is 13.5. The van der Waals surface area contributed by atoms with Gasteiger partial charge in [-0.1, -0.05) is 73.2 Å². The fourth-order valence-corrected chi connectivity index (χ4v) is 8.48. The second-order valence-electron chi connectivity index (χ2n) is 10.1. The zero-order chi connectivity index (χ0) is 23.9. The number of nitrogens with one attached hydrogen (secondary N) is 1. The highest BCUT2D eigenvalue weighted by atomic mass is 32.2. The molecule has 1 saturated carbocycles. The van der Waals surface area contributed by atoms with Crippen molar-refractivity contribution >= 4 is 20.7 Å². The van der Waals surface area contributed by atoms with Crippen molar-refractivity contribution in [1.29, 1.82) is 0 Å². The summed E-state index contributed by atoms with van der Waals surface area (Å²) in [6.07, 6.45) is 5.17. The topological polar surface area (TPSA) is 53.2 Å². The normalized spacial score (nSPS) is 19.8. The molecule has 180 valence electrons. The van der Waals surface area contributed by atoms with Gasteiger partial charge in [0.05, 0.1) is 15.7 Å². The van der Waals surface area contributed by atoms with Crippen LogP contribution in [0.2, 0.25) is 0 Å². The van der Waals surface area contributed by atoms with E-state index in [2.05, 4.69) is 64.5 Å². The first-order chi connectivity index (χ1) is 17.1. The van der Waals surface area contributed by atoms with Gasteiger partial charge >= 0.3 is 0 Å². The number of aromatic amines is 1. The predicted octanol–water partition coefficient (Wildman–Crippen LogP) is 6.29. The summed E-state index contributed by atoms with van der Waals surface area (Å²) in [7, 11) is -3.32. The summed E-state index contributed by atoms with van der Waals surface area (Å²) in [5, 5.41) is 1.32. The van der Waals surface area contributed by atoms with E-state index in [9.17, 15) is 8.42 Å². The van der Waals surface area contributed by atoms with Crippen molar-refractivity contribution in [1.82, 2.24) is 9.88 Å². The molecule has 6 rings (SSSR count). The molecule has 4 nitrogen and oxygen atoms in total. The molecule has 2 aliphatic rings. The molecule has 5 heteroatoms. The first kappa shape index (κ1) is 22.6. The summed E-state index contributed by atoms with van der Waals surface area (Å²) >= 11 is 0. The van der Waals surface area contributed by atoms with Crippen molar-refractivity contribution in [2.45, 2.75) is 54.2 Å². The van der Waals surface area contributed by atoms with Crippen molar-refractivity contribution in [2.24, 2.45) is 0 Å². The Kier molecular flexibility index (Phi) is 5.78. The molecule has 0 amide bonds. The molecule has 0 bridgehead atoms. The monoisotopic (exact) mass is 484 g/mol. The summed E-state index contributed by atoms with van der Waals surface area (Å²) in [4.78, 5) is 6.76. The van der Waals surface area contributed by atoms with Crippen LogP contribution in [-0.4, -0.2) is 36.1 Å². The fraction of sp³-hybridized carbons (Fsp3) is 0.333. The summed E-state index contributed by atoms with van der Waals surface area (Å²) in [5.74, 6) is 0. The van der Waals surface area contributed by atoms with E-state index in [4.69, 9.17) is 0 Å². The Morgan fingerprint density at radius 1 is 0.886 bits per heavy atom. The van der Waals surface area contributed by atoms with Crippen LogP contribution in [0.15, 0.2) is 89.8 Å². The van der Waals surface area contributed by atoms with E-state index >= 15 is 0 Å². The minimum absolute atomic E-state index is 0.162. The minimum atomic E-state index is -3.32. The number of benzene rings is 3. The van der Waals surface area contributed by atoms with Crippen LogP contribution < -0.4 is 0 Å². The molecular weight excluding hydrogens is 452 g/mol. The Balaban J connectivity index is 1.26. The number of hydrogen-bond acceptors (Lipinski definition) is 3. The third-order valence-corrected chi connectivity index (χ3v) is 10.9. The molecular formula is C30H32N2O2S. The lowest BCUT2D eigenvalue weighted by Gasteiger charge is -2.42. The molecule has 1 aliphatic heterocycles. The Hall–Kier alpha value is -2.89. The number of para-hydroxylation sites is 1. The number of H-pyrrole nitrogens is 1. The van der Waals surface area contributed by atoms with Crippen molar-refractivity contribution in [3.05, 3.63) is 102 Å². The highest BCUT2D eigenvalue weighted by Crippen LogP contribution is 2.46. The van der Waals surface area contributed by atoms with Crippen molar-refractivity contribution in [2.75, 3.05) is 13.1 Å². The molecule has 1 aliphatic carbocycles. The highest BCUT2D eigenvalue weighted by molar-refractivity contribution is 7.93. The van der Waals surface area contributed by atoms with E-state index in [0.29, 0.717) is 4.90 Å². The molecule has 35 heavy (non-hydrogen) atoms. The van der Waals surface area contributed by atoms with Gasteiger partial charge in [-0.15, -0.1) is 0 Å². The molecule has 1 N–H and O–H groups in total. The van der Waals surface area contributed by atoms with Crippen LogP contribution in [0.5, 0.6) is 0 Å². The summed E-state index contributed by atoms with van der Waals surface area (Å²) in [6, 6.07) is 28.5. The van der Waals surface area contributed by atoms with Gasteiger partial charge in [-0.05, 0) is 68.0 Å². The average Bonchev–Trinajstić information content (AvgIpc) is 3.25. The second-order valence-corrected chi connectivity index (χ2v) is 12.5. The van der Waals surface area contributed by atoms with Crippen LogP contribution in [0.3, 0.4) is 0 Å². The van der Waals surface area contributed by atoms with E-state index in [1.54, 1.807) is 12.1 Å². The van der Waals surface area contributed by atoms with Crippen molar-refractivity contribution < 1.29 is 8.42 Å². The average molecular weight is 485 g/mol. The third kappa shape index (κ3) is 3.82. The maximum Gasteiger partial charge on any atom is 0.184 e. The second kappa shape index (κ2) is 8.96. The van der Waals surface area contributed by atoms with E-state index in [1.807, 2.05) is 18.2 Å². The fourth-order valence-electron chi connectivity index (χ4n) is 6.22. The van der Waals surface area contributed by atoms with Crippen molar-refractivity contribution in [3.8, 4) is 0 Å². The van der Waals surface area contributed by atoms with Crippen LogP contribution in [-0.2, 0) is 16.3 Å². The molecule has 0 saturated heterocycles. The Morgan fingerprint density at radius 3 is 2.29 bits per heavy atom. The molecule has 1 atom stereocenters. The third-order valence-electron chi connectivity index (χ3n) is 8.22. The van der Waals surface area contributed by atoms with Gasteiger partial charge in [0.1, 0.15) is 0 Å². The van der Waals surface area contributed by atoms with E-state index < -0.39 is 14.6 Å². The lowest BCUT2D eigenvalue weighted by atomic mass is 9.80. The molecule has 3 aromatic carbocycles. The Bertz CT molecular complexity index is 1420. The van der Waals surface area contributed by atoms with Gasteiger partial charge in [0.15, 0.2) is 9.84 Å². The van der Waals surface area contributed by atoms with Gasteiger partial charge in [-0.25, -0.2) is 8.42 Å². The smallest absolute Gasteiger partial charge is 0.184 e. The molecule has 1 unspecified atom stereocenters. The Labute approximate surface area is 207 Å². The van der Waals surface area contributed by atoms with E-state index in [0.717, 1.165) is 51.6 Å². The van der Waals surface area contributed by atoms with Gasteiger partial charge in [0, 0.05) is 23.1 Å². The molecule has 0 radical (unpaired) electrons. The lowest BCUT2D eigenvalue weighted by molar-refractivity contribution is 0.196. The van der Waals surface area contributed by atoms with Gasteiger partial charge < -0.3 is 4.98 Å². The zero-order valence-corrected chi connectivity index (χ0v) is 20.8. The largest absolute Gasteiger partial charge is 0.357 e. The Morgan fingerprint density at radius 2 is 1.57 bits per heavy atom. The number of fused-ring (bicyclic) bond motifs is 3. The molecule has 1 aromatic heterocycles. The van der Waals surface area contributed by atoms with Crippen LogP contribution in [0.25, 0.3) is 10.9 Å². The molecule has 2 heterocycles. The summed E-state index contributed by atoms with van der Waals surface area (Å²) in [6.45, 7) is 1.87. The predicted molar refractivity (Wildman–Crippen MR) is 141 cm³/mol. The first-order valence-corrected chi connectivity index (χ1v) is 14.3. The number of nitrogens with zero attached hydrogens (tertiary/aromatic N) is 1. The summed E-state index contributed by atoms with van der Waals surface area (Å²) in [5.41, 5.74) is 5.20. The lowest BCUT2D eigenvalue weighted by Crippen LogP contribution is -2.46. The molecule has 1 fully saturated rings. The minimum Gasteiger partial charge on any atom is -0.357 e. The number of rotatable bonds is 7. The van der Waals surface area contributed by atoms with Gasteiger partial charge in [0.2, 0.25) is 0 Å². The molecule has 0 spiro atoms. The van der Waals surface area contributed by atoms with Crippen molar-refractivity contribution in [3.63, 3.8) is 0 Å². The van der Waals surface area contributed by atoms with Gasteiger partial charge in [0.25, 0.3) is 0 Å². The SMILES string of the molecule is O=S(=O)(c1ccccc1)C1(CCCN2CCc3c([nH]c4ccccc34)C2c2ccccc2)CCC1. The maximum atomic E-state index is 13.5. The van der Waals surface area contributed by atoms with Crippen LogP contribution >= 0.6 is 0 Å². The highest BCUT2D eigenvalue weighted by Gasteiger charge is 2.49. The first-order valence-electron chi connectivity index (χ1n) is 12.8. The number of hydrogen-bond donors (Lipinski definition) is 1. The van der Waals surface area contributed by atoms with Crippen LogP contribution in [0, 0.1) is 0 Å². The quantitative estimate of drug-likeness (QED) is 0.335. The number of sulfone groups is 1. The van der Waals surface area contributed by atoms with Gasteiger partial charge in [-0.3, -0.25) is 4.90 Å². The van der Waals surface area contributed by atoms with Crippen LogP contribution in [0.1, 0.15) is 55.0 Å². The van der Waals surface area contributed by atoms with Crippen LogP contribution in [0.4, 0.5) is 0 Å². The van der Waals surface area contributed by atoms with E-state index in [1.165, 1.54) is 27.7 Å². The van der Waals surface area contributed by atoms with E-state index in [-0.39, 0.29) is 6.04 Å². The molecule has 4 aromatic rings. The summed E-state index contributed by atoms with van der Waals surface area (Å²) < 4.78 is 26.5. The standard InChI is InChI=1S/C30H32N2O2S/c33-35(34,24-13-5-2-6-14-24)30(18-9-19-30)20-10-21-32-22-17-26-25-15-7-8-16-27(25)31-28(26)29(32)23-11-3-1-4-12-23/h1-8,11-16,29,31H,9-10,17-22H2. The van der Waals surface area contributed by atoms with Gasteiger partial charge in [-0.2, -0.15) is 0 Å². The number of aromatic nitrogens is 1. The zero-order valence-electron chi connectivity index (χ0n) is 20.0.